The Kier molecular flexibility index (Phi) is 7.81. The van der Waals surface area contributed by atoms with Crippen molar-refractivity contribution >= 4 is 30.3 Å². The molecule has 33 heavy (non-hydrogen) atoms. The van der Waals surface area contributed by atoms with E-state index in [2.05, 4.69) is 27.1 Å². The van der Waals surface area contributed by atoms with Crippen LogP contribution < -0.4 is 10.9 Å². The number of amidine groups is 1. The fraction of sp³-hybridized carbons (Fsp3) is 0.409. The van der Waals surface area contributed by atoms with Crippen LogP contribution >= 0.6 is 0 Å². The Morgan fingerprint density at radius 2 is 2.03 bits per heavy atom. The first-order chi connectivity index (χ1) is 15.4. The molecule has 0 bridgehead atoms. The van der Waals surface area contributed by atoms with Gasteiger partial charge in [-0.1, -0.05) is 0 Å². The first-order valence-corrected chi connectivity index (χ1v) is 10.3. The van der Waals surface area contributed by atoms with Gasteiger partial charge in [0.15, 0.2) is 5.82 Å². The fourth-order valence-corrected chi connectivity index (χ4v) is 2.74. The van der Waals surface area contributed by atoms with Gasteiger partial charge >= 0.3 is 12.1 Å². The molecule has 1 aliphatic rings. The van der Waals surface area contributed by atoms with Crippen LogP contribution in [0.15, 0.2) is 50.4 Å². The van der Waals surface area contributed by atoms with Gasteiger partial charge in [-0.2, -0.15) is 10.1 Å². The van der Waals surface area contributed by atoms with Crippen molar-refractivity contribution in [1.82, 2.24) is 14.9 Å². The monoisotopic (exact) mass is 458 g/mol. The fourth-order valence-electron chi connectivity index (χ4n) is 2.74. The molecular weight excluding hydrogens is 428 g/mol. The summed E-state index contributed by atoms with van der Waals surface area (Å²) in [4.78, 5) is 45.2. The van der Waals surface area contributed by atoms with Crippen LogP contribution in [0.4, 0.5) is 10.5 Å². The largest absolute Gasteiger partial charge is 0.463 e. The SMILES string of the molecule is C=NN1C(N(C)C(=O)OC(C)(C)C)=CC(Nc2c[nH]c(=O)c(C)c2)=N/C1=C(/C)C(=O)OCC. The van der Waals surface area contributed by atoms with E-state index in [-0.39, 0.29) is 35.2 Å². The minimum atomic E-state index is -0.727. The maximum Gasteiger partial charge on any atom is 0.415 e. The summed E-state index contributed by atoms with van der Waals surface area (Å²) in [6.45, 7) is 13.9. The molecule has 0 radical (unpaired) electrons. The van der Waals surface area contributed by atoms with Crippen molar-refractivity contribution in [2.24, 2.45) is 10.1 Å². The molecule has 1 aromatic heterocycles. The summed E-state index contributed by atoms with van der Waals surface area (Å²) < 4.78 is 10.6. The van der Waals surface area contributed by atoms with Crippen LogP contribution in [0.3, 0.4) is 0 Å². The second-order valence-corrected chi connectivity index (χ2v) is 8.19. The number of carbonyl (C=O) groups is 2. The third-order valence-corrected chi connectivity index (χ3v) is 4.34. The van der Waals surface area contributed by atoms with Gasteiger partial charge in [-0.05, 0) is 47.6 Å². The lowest BCUT2D eigenvalue weighted by molar-refractivity contribution is -0.138. The number of nitrogens with one attached hydrogen (secondary N) is 2. The molecule has 0 unspecified atom stereocenters. The summed E-state index contributed by atoms with van der Waals surface area (Å²) in [5.41, 5.74) is 0.265. The second-order valence-electron chi connectivity index (χ2n) is 8.19. The van der Waals surface area contributed by atoms with E-state index in [0.717, 1.165) is 0 Å². The number of amides is 1. The van der Waals surface area contributed by atoms with E-state index in [9.17, 15) is 14.4 Å². The van der Waals surface area contributed by atoms with Crippen LogP contribution in [0.5, 0.6) is 0 Å². The predicted molar refractivity (Wildman–Crippen MR) is 126 cm³/mol. The number of carbonyl (C=O) groups excluding carboxylic acids is 2. The number of aryl methyl sites for hydroxylation is 1. The number of hydrazone groups is 1. The van der Waals surface area contributed by atoms with E-state index < -0.39 is 17.7 Å². The van der Waals surface area contributed by atoms with Crippen molar-refractivity contribution in [3.05, 3.63) is 51.5 Å². The molecule has 1 amide bonds. The number of anilines is 1. The number of rotatable bonds is 5. The number of esters is 1. The summed E-state index contributed by atoms with van der Waals surface area (Å²) >= 11 is 0. The molecule has 0 fully saturated rings. The Bertz CT molecular complexity index is 1090. The minimum Gasteiger partial charge on any atom is -0.463 e. The van der Waals surface area contributed by atoms with Gasteiger partial charge in [-0.15, -0.1) is 0 Å². The molecule has 2 N–H and O–H groups in total. The molecule has 11 nitrogen and oxygen atoms in total. The highest BCUT2D eigenvalue weighted by atomic mass is 16.6. The van der Waals surface area contributed by atoms with Crippen molar-refractivity contribution in [3.8, 4) is 0 Å². The van der Waals surface area contributed by atoms with E-state index in [4.69, 9.17) is 9.47 Å². The number of ether oxygens (including phenoxy) is 2. The number of aromatic nitrogens is 1. The standard InChI is InChI=1S/C22H30N6O5/c1-9-32-20(30)14(3)18-26-16(25-15-10-13(2)19(29)24-12-15)11-17(28(18)23-7)27(8)21(31)33-22(4,5)6/h10-12H,7,9H2,1-6,8H3,(H,24,29)(H,25,26)/b18-14+. The zero-order valence-corrected chi connectivity index (χ0v) is 20.0. The number of nitrogens with zero attached hydrogens (tertiary/aromatic N) is 4. The molecule has 1 aliphatic heterocycles. The molecule has 0 aromatic carbocycles. The second kappa shape index (κ2) is 10.2. The van der Waals surface area contributed by atoms with Crippen LogP contribution in [-0.4, -0.2) is 58.8 Å². The molecule has 0 saturated carbocycles. The Balaban J connectivity index is 2.58. The molecule has 1 aromatic rings. The lowest BCUT2D eigenvalue weighted by Gasteiger charge is -2.33. The summed E-state index contributed by atoms with van der Waals surface area (Å²) in [6, 6.07) is 1.65. The minimum absolute atomic E-state index is 0.111. The maximum absolute atomic E-state index is 12.7. The number of H-pyrrole nitrogens is 1. The average molecular weight is 459 g/mol. The zero-order chi connectivity index (χ0) is 24.9. The van der Waals surface area contributed by atoms with Crippen LogP contribution in [0.2, 0.25) is 0 Å². The van der Waals surface area contributed by atoms with Crippen LogP contribution in [-0.2, 0) is 14.3 Å². The molecule has 0 atom stereocenters. The normalized spacial score (nSPS) is 15.2. The zero-order valence-electron chi connectivity index (χ0n) is 20.0. The van der Waals surface area contributed by atoms with Crippen molar-refractivity contribution in [1.29, 1.82) is 0 Å². The van der Waals surface area contributed by atoms with Gasteiger partial charge < -0.3 is 19.8 Å². The Morgan fingerprint density at radius 1 is 1.36 bits per heavy atom. The van der Waals surface area contributed by atoms with Crippen LogP contribution in [0, 0.1) is 6.92 Å². The number of aromatic amines is 1. The van der Waals surface area contributed by atoms with Gasteiger partial charge in [0.1, 0.15) is 17.3 Å². The van der Waals surface area contributed by atoms with E-state index >= 15 is 0 Å². The molecular formula is C22H30N6O5. The Morgan fingerprint density at radius 3 is 2.58 bits per heavy atom. The molecule has 2 rings (SSSR count). The number of hydrogen-bond donors (Lipinski definition) is 2. The van der Waals surface area contributed by atoms with Crippen LogP contribution in [0.25, 0.3) is 0 Å². The highest BCUT2D eigenvalue weighted by Gasteiger charge is 2.31. The van der Waals surface area contributed by atoms with Gasteiger partial charge in [-0.3, -0.25) is 9.69 Å². The Hall–Kier alpha value is -3.89. The molecule has 2 heterocycles. The topological polar surface area (TPSA) is 129 Å². The van der Waals surface area contributed by atoms with Gasteiger partial charge in [-0.25, -0.2) is 14.6 Å². The van der Waals surface area contributed by atoms with E-state index in [1.165, 1.54) is 30.1 Å². The van der Waals surface area contributed by atoms with Gasteiger partial charge in [0.05, 0.1) is 17.9 Å². The first-order valence-electron chi connectivity index (χ1n) is 10.3. The molecule has 178 valence electrons. The molecule has 11 heteroatoms. The van der Waals surface area contributed by atoms with Crippen molar-refractivity contribution in [2.75, 3.05) is 19.0 Å². The number of pyridine rings is 1. The van der Waals surface area contributed by atoms with Gasteiger partial charge in [0.2, 0.25) is 0 Å². The average Bonchev–Trinajstić information content (AvgIpc) is 2.73. The van der Waals surface area contributed by atoms with E-state index in [1.54, 1.807) is 46.8 Å². The molecule has 0 spiro atoms. The van der Waals surface area contributed by atoms with E-state index in [0.29, 0.717) is 11.3 Å². The molecule has 0 aliphatic carbocycles. The Labute approximate surface area is 192 Å². The molecule has 0 saturated heterocycles. The highest BCUT2D eigenvalue weighted by Crippen LogP contribution is 2.27. The third-order valence-electron chi connectivity index (χ3n) is 4.34. The third kappa shape index (κ3) is 6.31. The number of aliphatic imine (C=N–C) groups is 1. The summed E-state index contributed by atoms with van der Waals surface area (Å²) in [5, 5.41) is 8.28. The van der Waals surface area contributed by atoms with Crippen molar-refractivity contribution in [2.45, 2.75) is 47.1 Å². The van der Waals surface area contributed by atoms with Crippen molar-refractivity contribution < 1.29 is 19.1 Å². The summed E-state index contributed by atoms with van der Waals surface area (Å²) in [5.74, 6) is 0.0345. The predicted octanol–water partition coefficient (Wildman–Crippen LogP) is 2.93. The highest BCUT2D eigenvalue weighted by molar-refractivity contribution is 6.06. The van der Waals surface area contributed by atoms with Crippen molar-refractivity contribution in [3.63, 3.8) is 0 Å². The quantitative estimate of drug-likeness (QED) is 0.394. The lowest BCUT2D eigenvalue weighted by atomic mass is 10.2. The van der Waals surface area contributed by atoms with Gasteiger partial charge in [0, 0.05) is 31.6 Å². The lowest BCUT2D eigenvalue weighted by Crippen LogP contribution is -2.40. The summed E-state index contributed by atoms with van der Waals surface area (Å²) in [6.07, 6.45) is 2.39. The summed E-state index contributed by atoms with van der Waals surface area (Å²) in [7, 11) is 1.50. The van der Waals surface area contributed by atoms with E-state index in [1.807, 2.05) is 0 Å². The maximum atomic E-state index is 12.7. The smallest absolute Gasteiger partial charge is 0.415 e. The van der Waals surface area contributed by atoms with Crippen LogP contribution in [0.1, 0.15) is 40.2 Å². The van der Waals surface area contributed by atoms with Gasteiger partial charge in [0.25, 0.3) is 5.56 Å². The number of hydrogen-bond acceptors (Lipinski definition) is 9. The first kappa shape index (κ1) is 25.4.